The van der Waals surface area contributed by atoms with Gasteiger partial charge in [-0.15, -0.1) is 11.3 Å². The van der Waals surface area contributed by atoms with Gasteiger partial charge in [0.05, 0.1) is 17.3 Å². The predicted molar refractivity (Wildman–Crippen MR) is 95.2 cm³/mol. The van der Waals surface area contributed by atoms with E-state index in [1.54, 1.807) is 37.4 Å². The quantitative estimate of drug-likeness (QED) is 0.761. The van der Waals surface area contributed by atoms with Gasteiger partial charge in [0, 0.05) is 11.6 Å². The Morgan fingerprint density at radius 1 is 1.24 bits per heavy atom. The molecule has 2 heterocycles. The van der Waals surface area contributed by atoms with Crippen LogP contribution in [-0.4, -0.2) is 22.0 Å². The topological polar surface area (TPSA) is 87.9 Å². The maximum absolute atomic E-state index is 12.2. The Morgan fingerprint density at radius 3 is 2.72 bits per heavy atom. The Kier molecular flexibility index (Phi) is 5.02. The largest absolute Gasteiger partial charge is 0.481 e. The summed E-state index contributed by atoms with van der Waals surface area (Å²) in [6.07, 6.45) is 0.996. The lowest BCUT2D eigenvalue weighted by Crippen LogP contribution is -2.30. The van der Waals surface area contributed by atoms with Gasteiger partial charge in [-0.3, -0.25) is 15.1 Å². The summed E-state index contributed by atoms with van der Waals surface area (Å²) in [5.74, 6) is 0.223. The molecule has 1 atom stereocenters. The fraction of sp³-hybridized carbons (Fsp3) is 0.111. The molecule has 3 rings (SSSR count). The molecule has 0 fully saturated rings. The summed E-state index contributed by atoms with van der Waals surface area (Å²) in [6.45, 7) is 1.65. The number of amides is 1. The van der Waals surface area contributed by atoms with Crippen molar-refractivity contribution in [3.63, 3.8) is 0 Å². The van der Waals surface area contributed by atoms with Gasteiger partial charge in [-0.2, -0.15) is 5.26 Å². The van der Waals surface area contributed by atoms with E-state index in [1.807, 2.05) is 29.6 Å². The van der Waals surface area contributed by atoms with E-state index in [9.17, 15) is 4.79 Å². The van der Waals surface area contributed by atoms with Gasteiger partial charge in [0.1, 0.15) is 11.4 Å². The minimum absolute atomic E-state index is 0.300. The average molecular weight is 350 g/mol. The lowest BCUT2D eigenvalue weighted by molar-refractivity contribution is -0.122. The van der Waals surface area contributed by atoms with Crippen molar-refractivity contribution in [2.75, 3.05) is 5.32 Å². The van der Waals surface area contributed by atoms with Gasteiger partial charge in [-0.25, -0.2) is 4.98 Å². The predicted octanol–water partition coefficient (Wildman–Crippen LogP) is 3.48. The molecular formula is C18H14N4O2S. The molecule has 0 aliphatic rings. The van der Waals surface area contributed by atoms with Crippen molar-refractivity contribution < 1.29 is 9.53 Å². The third-order valence-electron chi connectivity index (χ3n) is 3.33. The number of thiazole rings is 1. The maximum atomic E-state index is 12.2. The Bertz CT molecular complexity index is 901. The zero-order chi connectivity index (χ0) is 17.6. The third-order valence-corrected chi connectivity index (χ3v) is 4.08. The van der Waals surface area contributed by atoms with Crippen molar-refractivity contribution in [1.82, 2.24) is 9.97 Å². The number of ether oxygens (including phenoxy) is 1. The third kappa shape index (κ3) is 4.19. The summed E-state index contributed by atoms with van der Waals surface area (Å²) in [7, 11) is 0. The number of carbonyl (C=O) groups excluding carboxylic acids is 1. The fourth-order valence-electron chi connectivity index (χ4n) is 2.04. The van der Waals surface area contributed by atoms with Crippen molar-refractivity contribution in [1.29, 1.82) is 5.26 Å². The number of nitriles is 1. The SMILES string of the molecule is CC(Oc1ccc(C#N)cc1)C(=O)Nc1nc(-c2ccccn2)cs1. The lowest BCUT2D eigenvalue weighted by atomic mass is 10.2. The number of nitrogens with one attached hydrogen (secondary N) is 1. The van der Waals surface area contributed by atoms with E-state index in [-0.39, 0.29) is 5.91 Å². The highest BCUT2D eigenvalue weighted by Crippen LogP contribution is 2.23. The average Bonchev–Trinajstić information content (AvgIpc) is 3.11. The Labute approximate surface area is 148 Å². The number of aromatic nitrogens is 2. The lowest BCUT2D eigenvalue weighted by Gasteiger charge is -2.13. The standard InChI is InChI=1S/C18H14N4O2S/c1-12(24-14-7-5-13(10-19)6-8-14)17(23)22-18-21-16(11-25-18)15-4-2-3-9-20-15/h2-9,11-12H,1H3,(H,21,22,23). The van der Waals surface area contributed by atoms with E-state index in [1.165, 1.54) is 11.3 Å². The molecule has 0 spiro atoms. The van der Waals surface area contributed by atoms with Crippen LogP contribution >= 0.6 is 11.3 Å². The van der Waals surface area contributed by atoms with Crippen molar-refractivity contribution in [3.8, 4) is 23.2 Å². The molecule has 1 N–H and O–H groups in total. The minimum Gasteiger partial charge on any atom is -0.481 e. The molecule has 25 heavy (non-hydrogen) atoms. The summed E-state index contributed by atoms with van der Waals surface area (Å²) < 4.78 is 5.58. The van der Waals surface area contributed by atoms with Crippen LogP contribution in [0.15, 0.2) is 54.0 Å². The molecule has 1 unspecified atom stereocenters. The Hall–Kier alpha value is -3.24. The van der Waals surface area contributed by atoms with E-state index in [0.29, 0.717) is 22.1 Å². The van der Waals surface area contributed by atoms with E-state index in [4.69, 9.17) is 10.00 Å². The van der Waals surface area contributed by atoms with Crippen LogP contribution in [0.1, 0.15) is 12.5 Å². The molecule has 0 bridgehead atoms. The number of nitrogens with zero attached hydrogens (tertiary/aromatic N) is 3. The van der Waals surface area contributed by atoms with Crippen LogP contribution < -0.4 is 10.1 Å². The van der Waals surface area contributed by atoms with Crippen molar-refractivity contribution in [3.05, 3.63) is 59.6 Å². The normalized spacial score (nSPS) is 11.4. The van der Waals surface area contributed by atoms with E-state index < -0.39 is 6.10 Å². The van der Waals surface area contributed by atoms with Crippen LogP contribution in [0.2, 0.25) is 0 Å². The van der Waals surface area contributed by atoms with Crippen molar-refractivity contribution in [2.24, 2.45) is 0 Å². The van der Waals surface area contributed by atoms with Gasteiger partial charge in [-0.05, 0) is 43.3 Å². The van der Waals surface area contributed by atoms with Crippen LogP contribution in [-0.2, 0) is 4.79 Å². The first-order valence-corrected chi connectivity index (χ1v) is 8.38. The number of benzene rings is 1. The number of anilines is 1. The van der Waals surface area contributed by atoms with Gasteiger partial charge in [0.15, 0.2) is 11.2 Å². The van der Waals surface area contributed by atoms with Crippen LogP contribution in [0, 0.1) is 11.3 Å². The highest BCUT2D eigenvalue weighted by molar-refractivity contribution is 7.14. The molecule has 7 heteroatoms. The Morgan fingerprint density at radius 2 is 2.04 bits per heavy atom. The monoisotopic (exact) mass is 350 g/mol. The smallest absolute Gasteiger partial charge is 0.266 e. The molecule has 0 aliphatic carbocycles. The van der Waals surface area contributed by atoms with Crippen LogP contribution in [0.3, 0.4) is 0 Å². The highest BCUT2D eigenvalue weighted by Gasteiger charge is 2.17. The summed E-state index contributed by atoms with van der Waals surface area (Å²) in [5.41, 5.74) is 2.00. The Balaban J connectivity index is 1.61. The van der Waals surface area contributed by atoms with E-state index in [2.05, 4.69) is 15.3 Å². The zero-order valence-corrected chi connectivity index (χ0v) is 14.2. The molecule has 0 aliphatic heterocycles. The van der Waals surface area contributed by atoms with Crippen LogP contribution in [0.25, 0.3) is 11.4 Å². The summed E-state index contributed by atoms with van der Waals surface area (Å²) in [6, 6.07) is 14.2. The first-order chi connectivity index (χ1) is 12.2. The zero-order valence-electron chi connectivity index (χ0n) is 13.3. The molecule has 0 saturated heterocycles. The second-order valence-corrected chi connectivity index (χ2v) is 6.00. The van der Waals surface area contributed by atoms with Crippen molar-refractivity contribution >= 4 is 22.4 Å². The maximum Gasteiger partial charge on any atom is 0.266 e. The van der Waals surface area contributed by atoms with Gasteiger partial charge in [-0.1, -0.05) is 6.07 Å². The molecule has 124 valence electrons. The van der Waals surface area contributed by atoms with Gasteiger partial charge < -0.3 is 4.74 Å². The first-order valence-electron chi connectivity index (χ1n) is 7.50. The molecule has 0 saturated carbocycles. The number of hydrogen-bond donors (Lipinski definition) is 1. The van der Waals surface area contributed by atoms with Gasteiger partial charge in [0.25, 0.3) is 5.91 Å². The van der Waals surface area contributed by atoms with Gasteiger partial charge >= 0.3 is 0 Å². The summed E-state index contributed by atoms with van der Waals surface area (Å²) in [5, 5.41) is 13.8. The van der Waals surface area contributed by atoms with Gasteiger partial charge in [0.2, 0.25) is 0 Å². The number of rotatable bonds is 5. The molecule has 1 aromatic carbocycles. The van der Waals surface area contributed by atoms with Crippen molar-refractivity contribution in [2.45, 2.75) is 13.0 Å². The number of carbonyl (C=O) groups is 1. The minimum atomic E-state index is -0.699. The number of pyridine rings is 1. The number of hydrogen-bond acceptors (Lipinski definition) is 6. The molecule has 0 radical (unpaired) electrons. The first kappa shape index (κ1) is 16.6. The van der Waals surface area contributed by atoms with Crippen LogP contribution in [0.5, 0.6) is 5.75 Å². The summed E-state index contributed by atoms with van der Waals surface area (Å²) >= 11 is 1.33. The molecular weight excluding hydrogens is 336 g/mol. The second-order valence-electron chi connectivity index (χ2n) is 5.14. The second kappa shape index (κ2) is 7.55. The molecule has 6 nitrogen and oxygen atoms in total. The highest BCUT2D eigenvalue weighted by atomic mass is 32.1. The van der Waals surface area contributed by atoms with E-state index in [0.717, 1.165) is 5.69 Å². The molecule has 1 amide bonds. The van der Waals surface area contributed by atoms with E-state index >= 15 is 0 Å². The summed E-state index contributed by atoms with van der Waals surface area (Å²) in [4.78, 5) is 20.8. The molecule has 2 aromatic heterocycles. The van der Waals surface area contributed by atoms with Crippen LogP contribution in [0.4, 0.5) is 5.13 Å². The fourth-order valence-corrected chi connectivity index (χ4v) is 2.74. The molecule has 3 aromatic rings.